The quantitative estimate of drug-likeness (QED) is 0.833. The van der Waals surface area contributed by atoms with Gasteiger partial charge in [-0.3, -0.25) is 4.57 Å². The van der Waals surface area contributed by atoms with Gasteiger partial charge in [0.05, 0.1) is 5.25 Å². The van der Waals surface area contributed by atoms with Crippen LogP contribution in [0.1, 0.15) is 25.7 Å². The molecule has 7 nitrogen and oxygen atoms in total. The summed E-state index contributed by atoms with van der Waals surface area (Å²) >= 11 is 0. The molecule has 0 aromatic carbocycles. The van der Waals surface area contributed by atoms with Crippen molar-refractivity contribution in [3.8, 4) is 0 Å². The van der Waals surface area contributed by atoms with E-state index in [4.69, 9.17) is 4.98 Å². The molecular weight excluding hydrogens is 326 g/mol. The maximum atomic E-state index is 12.5. The molecule has 1 aliphatic carbocycles. The fourth-order valence-corrected chi connectivity index (χ4v) is 5.33. The number of nitrogens with zero attached hydrogens (tertiary/aromatic N) is 5. The van der Waals surface area contributed by atoms with Crippen LogP contribution in [0.5, 0.6) is 0 Å². The Morgan fingerprint density at radius 3 is 2.79 bits per heavy atom. The number of anilines is 1. The molecule has 1 atom stereocenters. The third-order valence-electron chi connectivity index (χ3n) is 5.14. The number of sulfonamides is 1. The van der Waals surface area contributed by atoms with E-state index in [9.17, 15) is 8.42 Å². The van der Waals surface area contributed by atoms with Crippen LogP contribution in [0.4, 0.5) is 5.95 Å². The van der Waals surface area contributed by atoms with Gasteiger partial charge in [-0.25, -0.2) is 18.4 Å². The highest BCUT2D eigenvalue weighted by Crippen LogP contribution is 2.33. The minimum absolute atomic E-state index is 0.0112. The smallest absolute Gasteiger partial charge is 0.217 e. The molecule has 8 heteroatoms. The van der Waals surface area contributed by atoms with Crippen molar-refractivity contribution in [1.82, 2.24) is 18.8 Å². The molecule has 1 saturated carbocycles. The number of imidazole rings is 1. The van der Waals surface area contributed by atoms with Crippen molar-refractivity contribution in [3.63, 3.8) is 0 Å². The summed E-state index contributed by atoms with van der Waals surface area (Å²) in [4.78, 5) is 11.3. The van der Waals surface area contributed by atoms with E-state index in [1.807, 2.05) is 23.7 Å². The van der Waals surface area contributed by atoms with Gasteiger partial charge in [0.2, 0.25) is 16.0 Å². The van der Waals surface area contributed by atoms with Crippen molar-refractivity contribution in [2.45, 2.75) is 37.0 Å². The number of piperidine rings is 1. The van der Waals surface area contributed by atoms with Crippen LogP contribution in [0.25, 0.3) is 11.2 Å². The van der Waals surface area contributed by atoms with E-state index in [2.05, 4.69) is 9.88 Å². The average Bonchev–Trinajstić information content (AvgIpc) is 3.40. The molecule has 4 rings (SSSR count). The molecule has 1 saturated heterocycles. The molecule has 0 N–H and O–H groups in total. The summed E-state index contributed by atoms with van der Waals surface area (Å²) in [6, 6.07) is 3.85. The zero-order chi connectivity index (χ0) is 16.9. The van der Waals surface area contributed by atoms with Gasteiger partial charge in [-0.2, -0.15) is 4.31 Å². The lowest BCUT2D eigenvalue weighted by Crippen LogP contribution is -2.49. The summed E-state index contributed by atoms with van der Waals surface area (Å²) in [5.74, 6) is 0.866. The standard InChI is InChI=1S/C16H23N5O2S/c1-19-15-14(6-3-9-17-15)18-16(19)21-10-4-5-12(11-21)20(2)24(22,23)13-7-8-13/h3,6,9,12-13H,4-5,7-8,10-11H2,1-2H3. The second-order valence-corrected chi connectivity index (χ2v) is 9.09. The summed E-state index contributed by atoms with van der Waals surface area (Å²) in [7, 11) is 0.560. The molecule has 2 aromatic heterocycles. The van der Waals surface area contributed by atoms with E-state index < -0.39 is 10.0 Å². The Hall–Kier alpha value is -1.67. The Labute approximate surface area is 142 Å². The summed E-state index contributed by atoms with van der Waals surface area (Å²) < 4.78 is 28.6. The summed E-state index contributed by atoms with van der Waals surface area (Å²) in [5, 5.41) is -0.155. The first-order valence-electron chi connectivity index (χ1n) is 8.47. The number of rotatable bonds is 4. The van der Waals surface area contributed by atoms with E-state index in [-0.39, 0.29) is 11.3 Å². The van der Waals surface area contributed by atoms with Crippen molar-refractivity contribution in [2.24, 2.45) is 7.05 Å². The number of hydrogen-bond acceptors (Lipinski definition) is 5. The Balaban J connectivity index is 1.59. The molecule has 1 aliphatic heterocycles. The number of hydrogen-bond donors (Lipinski definition) is 0. The maximum absolute atomic E-state index is 12.5. The zero-order valence-electron chi connectivity index (χ0n) is 14.1. The number of likely N-dealkylation sites (N-methyl/N-ethyl adjacent to an activating group) is 1. The molecule has 24 heavy (non-hydrogen) atoms. The minimum atomic E-state index is -3.14. The SMILES string of the molecule is CN(C1CCCN(c2nc3cccnc3n2C)C1)S(=O)(=O)C1CC1. The molecule has 0 amide bonds. The third-order valence-corrected chi connectivity index (χ3v) is 7.56. The van der Waals surface area contributed by atoms with Crippen molar-refractivity contribution >= 4 is 27.1 Å². The molecule has 1 unspecified atom stereocenters. The van der Waals surface area contributed by atoms with Gasteiger partial charge in [-0.1, -0.05) is 0 Å². The van der Waals surface area contributed by atoms with Crippen LogP contribution in [-0.4, -0.2) is 58.7 Å². The fourth-order valence-electron chi connectivity index (χ4n) is 3.54. The summed E-state index contributed by atoms with van der Waals surface area (Å²) in [5.41, 5.74) is 1.73. The first-order chi connectivity index (χ1) is 11.5. The molecule has 2 aromatic rings. The monoisotopic (exact) mass is 349 g/mol. The van der Waals surface area contributed by atoms with Gasteiger partial charge in [0.1, 0.15) is 5.52 Å². The molecule has 0 spiro atoms. The van der Waals surface area contributed by atoms with Crippen LogP contribution >= 0.6 is 0 Å². The van der Waals surface area contributed by atoms with Crippen LogP contribution < -0.4 is 4.90 Å². The molecule has 3 heterocycles. The minimum Gasteiger partial charge on any atom is -0.341 e. The van der Waals surface area contributed by atoms with Gasteiger partial charge in [-0.05, 0) is 37.8 Å². The number of aromatic nitrogens is 3. The van der Waals surface area contributed by atoms with Gasteiger partial charge in [-0.15, -0.1) is 0 Å². The first kappa shape index (κ1) is 15.8. The third kappa shape index (κ3) is 2.57. The zero-order valence-corrected chi connectivity index (χ0v) is 14.9. The Morgan fingerprint density at radius 2 is 2.08 bits per heavy atom. The summed E-state index contributed by atoms with van der Waals surface area (Å²) in [6.45, 7) is 1.57. The molecule has 0 radical (unpaired) electrons. The van der Waals surface area contributed by atoms with Crippen LogP contribution in [0.2, 0.25) is 0 Å². The Morgan fingerprint density at radius 1 is 1.29 bits per heavy atom. The Bertz CT molecular complexity index is 858. The summed E-state index contributed by atoms with van der Waals surface area (Å²) in [6.07, 6.45) is 5.24. The highest BCUT2D eigenvalue weighted by atomic mass is 32.2. The van der Waals surface area contributed by atoms with Crippen LogP contribution in [0.3, 0.4) is 0 Å². The molecule has 2 aliphatic rings. The van der Waals surface area contributed by atoms with E-state index in [1.165, 1.54) is 0 Å². The second kappa shape index (κ2) is 5.70. The van der Waals surface area contributed by atoms with Crippen molar-refractivity contribution in [1.29, 1.82) is 0 Å². The van der Waals surface area contributed by atoms with Crippen molar-refractivity contribution in [2.75, 3.05) is 25.0 Å². The Kier molecular flexibility index (Phi) is 3.76. The van der Waals surface area contributed by atoms with E-state index in [0.717, 1.165) is 49.3 Å². The van der Waals surface area contributed by atoms with Gasteiger partial charge in [0.25, 0.3) is 0 Å². The van der Waals surface area contributed by atoms with E-state index in [0.29, 0.717) is 6.54 Å². The lowest BCUT2D eigenvalue weighted by molar-refractivity contribution is 0.317. The van der Waals surface area contributed by atoms with E-state index >= 15 is 0 Å². The predicted octanol–water partition coefficient (Wildman–Crippen LogP) is 1.36. The van der Waals surface area contributed by atoms with Crippen LogP contribution in [0.15, 0.2) is 18.3 Å². The van der Waals surface area contributed by atoms with E-state index in [1.54, 1.807) is 17.5 Å². The maximum Gasteiger partial charge on any atom is 0.217 e. The molecule has 130 valence electrons. The molecule has 2 fully saturated rings. The topological polar surface area (TPSA) is 71.3 Å². The van der Waals surface area contributed by atoms with Gasteiger partial charge in [0, 0.05) is 39.4 Å². The lowest BCUT2D eigenvalue weighted by atomic mass is 10.1. The van der Waals surface area contributed by atoms with Gasteiger partial charge < -0.3 is 4.90 Å². The first-order valence-corrected chi connectivity index (χ1v) is 9.98. The normalized spacial score (nSPS) is 22.5. The van der Waals surface area contributed by atoms with Crippen molar-refractivity contribution in [3.05, 3.63) is 18.3 Å². The van der Waals surface area contributed by atoms with Crippen molar-refractivity contribution < 1.29 is 8.42 Å². The highest BCUT2D eigenvalue weighted by Gasteiger charge is 2.42. The molecular formula is C16H23N5O2S. The van der Waals surface area contributed by atoms with Crippen LogP contribution in [0, 0.1) is 0 Å². The fraction of sp³-hybridized carbons (Fsp3) is 0.625. The average molecular weight is 349 g/mol. The second-order valence-electron chi connectivity index (χ2n) is 6.82. The highest BCUT2D eigenvalue weighted by molar-refractivity contribution is 7.90. The van der Waals surface area contributed by atoms with Gasteiger partial charge >= 0.3 is 0 Å². The predicted molar refractivity (Wildman–Crippen MR) is 93.4 cm³/mol. The number of aryl methyl sites for hydroxylation is 1. The molecule has 0 bridgehead atoms. The number of pyridine rings is 1. The van der Waals surface area contributed by atoms with Gasteiger partial charge in [0.15, 0.2) is 5.65 Å². The van der Waals surface area contributed by atoms with Crippen LogP contribution in [-0.2, 0) is 17.1 Å². The largest absolute Gasteiger partial charge is 0.341 e. The number of fused-ring (bicyclic) bond motifs is 1. The lowest BCUT2D eigenvalue weighted by Gasteiger charge is -2.37.